The summed E-state index contributed by atoms with van der Waals surface area (Å²) in [4.78, 5) is 23.1. The van der Waals surface area contributed by atoms with E-state index in [2.05, 4.69) is 59.7 Å². The molecule has 6 heteroatoms. The van der Waals surface area contributed by atoms with Crippen molar-refractivity contribution in [2.45, 2.75) is 13.8 Å². The van der Waals surface area contributed by atoms with Crippen molar-refractivity contribution in [2.24, 2.45) is 0 Å². The lowest BCUT2D eigenvalue weighted by Crippen LogP contribution is -2.48. The molecule has 0 aliphatic carbocycles. The molecule has 29 heavy (non-hydrogen) atoms. The lowest BCUT2D eigenvalue weighted by molar-refractivity contribution is 0.0643. The fourth-order valence-corrected chi connectivity index (χ4v) is 4.99. The van der Waals surface area contributed by atoms with Crippen LogP contribution in [0, 0.1) is 6.92 Å². The first-order valence-corrected chi connectivity index (χ1v) is 10.9. The van der Waals surface area contributed by atoms with Crippen LogP contribution in [0.5, 0.6) is 0 Å². The molecule has 0 saturated carbocycles. The molecule has 0 N–H and O–H groups in total. The molecule has 0 radical (unpaired) electrons. The van der Waals surface area contributed by atoms with Gasteiger partial charge in [-0.25, -0.2) is 4.98 Å². The minimum atomic E-state index is 0.133. The third-order valence-electron chi connectivity index (χ3n) is 5.80. The SMILES string of the molecule is CCN1CCN(C(=O)c2ccc3c(c2)sc2nc(-c4ccc(C)cc4)cn23)CC1. The van der Waals surface area contributed by atoms with Crippen LogP contribution < -0.4 is 0 Å². The summed E-state index contributed by atoms with van der Waals surface area (Å²) in [6.07, 6.45) is 2.09. The first-order chi connectivity index (χ1) is 14.1. The second-order valence-electron chi connectivity index (χ2n) is 7.66. The van der Waals surface area contributed by atoms with Crippen LogP contribution in [0.15, 0.2) is 48.7 Å². The summed E-state index contributed by atoms with van der Waals surface area (Å²) < 4.78 is 3.23. The third-order valence-corrected chi connectivity index (χ3v) is 6.81. The Labute approximate surface area is 174 Å². The van der Waals surface area contributed by atoms with Crippen molar-refractivity contribution in [1.29, 1.82) is 0 Å². The number of amides is 1. The lowest BCUT2D eigenvalue weighted by atomic mass is 10.1. The number of hydrogen-bond donors (Lipinski definition) is 0. The van der Waals surface area contributed by atoms with Gasteiger partial charge in [-0.2, -0.15) is 0 Å². The number of likely N-dealkylation sites (N-methyl/N-ethyl adjacent to an activating group) is 1. The van der Waals surface area contributed by atoms with Crippen molar-refractivity contribution in [3.8, 4) is 11.3 Å². The fraction of sp³-hybridized carbons (Fsp3) is 0.304. The number of imidazole rings is 1. The summed E-state index contributed by atoms with van der Waals surface area (Å²) in [5.41, 5.74) is 5.22. The monoisotopic (exact) mass is 404 g/mol. The molecule has 0 spiro atoms. The summed E-state index contributed by atoms with van der Waals surface area (Å²) in [5.74, 6) is 0.133. The molecule has 5 nitrogen and oxygen atoms in total. The van der Waals surface area contributed by atoms with Crippen LogP contribution in [0.3, 0.4) is 0 Å². The smallest absolute Gasteiger partial charge is 0.253 e. The molecular formula is C23H24N4OS. The normalized spacial score (nSPS) is 15.4. The van der Waals surface area contributed by atoms with Crippen LogP contribution in [-0.2, 0) is 0 Å². The van der Waals surface area contributed by atoms with Gasteiger partial charge in [0.15, 0.2) is 4.96 Å². The summed E-state index contributed by atoms with van der Waals surface area (Å²) in [6.45, 7) is 8.83. The number of hydrogen-bond acceptors (Lipinski definition) is 4. The van der Waals surface area contributed by atoms with Gasteiger partial charge in [-0.15, -0.1) is 0 Å². The molecule has 1 amide bonds. The molecule has 1 aliphatic rings. The Morgan fingerprint density at radius 2 is 1.83 bits per heavy atom. The lowest BCUT2D eigenvalue weighted by Gasteiger charge is -2.34. The average Bonchev–Trinajstić information content (AvgIpc) is 3.31. The fourth-order valence-electron chi connectivity index (χ4n) is 3.95. The maximum Gasteiger partial charge on any atom is 0.253 e. The van der Waals surface area contributed by atoms with Crippen molar-refractivity contribution in [3.05, 3.63) is 59.8 Å². The topological polar surface area (TPSA) is 40.8 Å². The van der Waals surface area contributed by atoms with E-state index in [9.17, 15) is 4.79 Å². The van der Waals surface area contributed by atoms with Crippen LogP contribution >= 0.6 is 11.3 Å². The van der Waals surface area contributed by atoms with Gasteiger partial charge in [0.2, 0.25) is 0 Å². The van der Waals surface area contributed by atoms with E-state index < -0.39 is 0 Å². The zero-order valence-electron chi connectivity index (χ0n) is 16.8. The van der Waals surface area contributed by atoms with Gasteiger partial charge in [-0.05, 0) is 31.7 Å². The van der Waals surface area contributed by atoms with Crippen LogP contribution in [0.2, 0.25) is 0 Å². The Bertz CT molecular complexity index is 1180. The number of nitrogens with zero attached hydrogens (tertiary/aromatic N) is 4. The van der Waals surface area contributed by atoms with E-state index in [1.165, 1.54) is 5.56 Å². The second kappa shape index (κ2) is 7.28. The zero-order chi connectivity index (χ0) is 20.0. The van der Waals surface area contributed by atoms with Crippen LogP contribution in [0.4, 0.5) is 0 Å². The average molecular weight is 405 g/mol. The number of aromatic nitrogens is 2. The Morgan fingerprint density at radius 1 is 1.07 bits per heavy atom. The molecule has 0 unspecified atom stereocenters. The van der Waals surface area contributed by atoms with Gasteiger partial charge >= 0.3 is 0 Å². The minimum Gasteiger partial charge on any atom is -0.336 e. The minimum absolute atomic E-state index is 0.133. The molecule has 1 saturated heterocycles. The standard InChI is InChI=1S/C23H24N4OS/c1-3-25-10-12-26(13-11-25)22(28)18-8-9-20-21(14-18)29-23-24-19(15-27(20)23)17-6-4-16(2)5-7-17/h4-9,14-15H,3,10-13H2,1-2H3. The number of piperazine rings is 1. The quantitative estimate of drug-likeness (QED) is 0.511. The van der Waals surface area contributed by atoms with Crippen molar-refractivity contribution in [1.82, 2.24) is 19.2 Å². The molecule has 4 aromatic rings. The largest absolute Gasteiger partial charge is 0.336 e. The molecule has 148 valence electrons. The van der Waals surface area contributed by atoms with Crippen molar-refractivity contribution >= 4 is 32.4 Å². The highest BCUT2D eigenvalue weighted by atomic mass is 32.1. The van der Waals surface area contributed by atoms with Crippen LogP contribution in [0.25, 0.3) is 26.4 Å². The number of carbonyl (C=O) groups is 1. The maximum absolute atomic E-state index is 12.9. The molecule has 2 aromatic heterocycles. The number of aryl methyl sites for hydroxylation is 1. The summed E-state index contributed by atoms with van der Waals surface area (Å²) in [6, 6.07) is 14.5. The predicted octanol–water partition coefficient (Wildman–Crippen LogP) is 4.30. The Kier molecular flexibility index (Phi) is 4.60. The molecule has 1 aliphatic heterocycles. The second-order valence-corrected chi connectivity index (χ2v) is 8.66. The van der Waals surface area contributed by atoms with Crippen LogP contribution in [0.1, 0.15) is 22.8 Å². The summed E-state index contributed by atoms with van der Waals surface area (Å²) in [7, 11) is 0. The highest BCUT2D eigenvalue weighted by molar-refractivity contribution is 7.23. The van der Waals surface area contributed by atoms with Gasteiger partial charge in [-0.1, -0.05) is 48.1 Å². The van der Waals surface area contributed by atoms with E-state index in [0.717, 1.165) is 64.7 Å². The zero-order valence-corrected chi connectivity index (χ0v) is 17.6. The first kappa shape index (κ1) is 18.3. The van der Waals surface area contributed by atoms with E-state index in [1.54, 1.807) is 11.3 Å². The van der Waals surface area contributed by atoms with Crippen LogP contribution in [-0.4, -0.2) is 57.8 Å². The van der Waals surface area contributed by atoms with Gasteiger partial charge in [0, 0.05) is 43.5 Å². The summed E-state index contributed by atoms with van der Waals surface area (Å²) in [5, 5.41) is 0. The molecule has 0 bridgehead atoms. The number of benzene rings is 2. The van der Waals surface area contributed by atoms with E-state index in [0.29, 0.717) is 0 Å². The molecule has 3 heterocycles. The molecular weight excluding hydrogens is 380 g/mol. The van der Waals surface area contributed by atoms with Crippen molar-refractivity contribution in [2.75, 3.05) is 32.7 Å². The number of rotatable bonds is 3. The van der Waals surface area contributed by atoms with E-state index in [1.807, 2.05) is 17.0 Å². The van der Waals surface area contributed by atoms with Crippen molar-refractivity contribution in [3.63, 3.8) is 0 Å². The van der Waals surface area contributed by atoms with Gasteiger partial charge < -0.3 is 9.80 Å². The Hall–Kier alpha value is -2.70. The number of carbonyl (C=O) groups excluding carboxylic acids is 1. The molecule has 5 rings (SSSR count). The highest BCUT2D eigenvalue weighted by Gasteiger charge is 2.22. The number of thiazole rings is 1. The molecule has 1 fully saturated rings. The number of fused-ring (bicyclic) bond motifs is 3. The van der Waals surface area contributed by atoms with Crippen molar-refractivity contribution < 1.29 is 4.79 Å². The summed E-state index contributed by atoms with van der Waals surface area (Å²) >= 11 is 1.64. The van der Waals surface area contributed by atoms with E-state index in [4.69, 9.17) is 4.98 Å². The maximum atomic E-state index is 12.9. The van der Waals surface area contributed by atoms with Gasteiger partial charge in [0.1, 0.15) is 0 Å². The molecule has 2 aromatic carbocycles. The third kappa shape index (κ3) is 3.32. The van der Waals surface area contributed by atoms with Gasteiger partial charge in [-0.3, -0.25) is 9.20 Å². The Balaban J connectivity index is 1.43. The predicted molar refractivity (Wildman–Crippen MR) is 119 cm³/mol. The highest BCUT2D eigenvalue weighted by Crippen LogP contribution is 2.30. The Morgan fingerprint density at radius 3 is 2.55 bits per heavy atom. The van der Waals surface area contributed by atoms with E-state index in [-0.39, 0.29) is 5.91 Å². The first-order valence-electron chi connectivity index (χ1n) is 10.1. The van der Waals surface area contributed by atoms with Gasteiger partial charge in [0.25, 0.3) is 5.91 Å². The van der Waals surface area contributed by atoms with Gasteiger partial charge in [0.05, 0.1) is 15.9 Å². The molecule has 0 atom stereocenters. The van der Waals surface area contributed by atoms with E-state index >= 15 is 0 Å².